The summed E-state index contributed by atoms with van der Waals surface area (Å²) in [5.74, 6) is 1.56. The molecule has 3 nitrogen and oxygen atoms in total. The molecule has 1 atom stereocenters. The molecule has 0 aliphatic carbocycles. The Bertz CT molecular complexity index is 323. The molecule has 1 rings (SSSR count). The smallest absolute Gasteiger partial charge is 0.151 e. The molecule has 15 heavy (non-hydrogen) atoms. The Morgan fingerprint density at radius 2 is 2.13 bits per heavy atom. The van der Waals surface area contributed by atoms with E-state index in [1.54, 1.807) is 0 Å². The second-order valence-corrected chi connectivity index (χ2v) is 4.26. The second kappa shape index (κ2) is 5.01. The number of hydrogen-bond acceptors (Lipinski definition) is 3. The van der Waals surface area contributed by atoms with Crippen molar-refractivity contribution in [1.82, 2.24) is 4.98 Å². The van der Waals surface area contributed by atoms with Gasteiger partial charge in [-0.3, -0.25) is 0 Å². The van der Waals surface area contributed by atoms with Gasteiger partial charge in [0.05, 0.1) is 5.69 Å². The molecule has 1 aromatic heterocycles. The lowest BCUT2D eigenvalue weighted by molar-refractivity contribution is 0.558. The Morgan fingerprint density at radius 3 is 2.73 bits per heavy atom. The Balaban J connectivity index is 2.80. The molecule has 0 fully saturated rings. The van der Waals surface area contributed by atoms with E-state index in [0.29, 0.717) is 5.92 Å². The molecule has 0 aromatic carbocycles. The molecule has 0 spiro atoms. The summed E-state index contributed by atoms with van der Waals surface area (Å²) in [5.41, 5.74) is 7.67. The molecule has 0 radical (unpaired) electrons. The molecular weight excluding hydrogens is 186 g/mol. The fourth-order valence-corrected chi connectivity index (χ4v) is 1.54. The maximum atomic E-state index is 5.90. The van der Waals surface area contributed by atoms with Crippen molar-refractivity contribution in [3.63, 3.8) is 0 Å². The first kappa shape index (κ1) is 11.8. The highest BCUT2D eigenvalue weighted by atomic mass is 15.2. The van der Waals surface area contributed by atoms with Crippen molar-refractivity contribution in [3.05, 3.63) is 17.8 Å². The number of rotatable bonds is 4. The van der Waals surface area contributed by atoms with Crippen LogP contribution in [0.5, 0.6) is 0 Å². The zero-order valence-corrected chi connectivity index (χ0v) is 10.1. The monoisotopic (exact) mass is 207 g/mol. The number of hydrogen-bond donors (Lipinski definition) is 1. The molecule has 0 saturated heterocycles. The van der Waals surface area contributed by atoms with Gasteiger partial charge in [0.25, 0.3) is 0 Å². The van der Waals surface area contributed by atoms with E-state index in [2.05, 4.69) is 23.7 Å². The lowest BCUT2D eigenvalue weighted by Crippen LogP contribution is -2.25. The first-order chi connectivity index (χ1) is 7.04. The largest absolute Gasteiger partial charge is 0.396 e. The topological polar surface area (TPSA) is 42.2 Å². The van der Waals surface area contributed by atoms with Gasteiger partial charge in [-0.2, -0.15) is 0 Å². The Kier molecular flexibility index (Phi) is 3.95. The van der Waals surface area contributed by atoms with E-state index in [9.17, 15) is 0 Å². The van der Waals surface area contributed by atoms with Crippen molar-refractivity contribution in [3.8, 4) is 0 Å². The molecule has 3 heteroatoms. The highest BCUT2D eigenvalue weighted by Gasteiger charge is 2.09. The molecule has 1 aromatic rings. The summed E-state index contributed by atoms with van der Waals surface area (Å²) >= 11 is 0. The highest BCUT2D eigenvalue weighted by molar-refractivity contribution is 5.62. The number of nitrogen functional groups attached to an aromatic ring is 1. The van der Waals surface area contributed by atoms with Crippen LogP contribution in [0.25, 0.3) is 0 Å². The van der Waals surface area contributed by atoms with Crippen molar-refractivity contribution in [2.45, 2.75) is 27.2 Å². The Morgan fingerprint density at radius 1 is 1.47 bits per heavy atom. The third kappa shape index (κ3) is 3.11. The van der Waals surface area contributed by atoms with Crippen LogP contribution >= 0.6 is 0 Å². The maximum absolute atomic E-state index is 5.90. The number of pyridine rings is 1. The molecule has 1 unspecified atom stereocenters. The van der Waals surface area contributed by atoms with Gasteiger partial charge in [-0.25, -0.2) is 4.98 Å². The van der Waals surface area contributed by atoms with Gasteiger partial charge in [0.2, 0.25) is 0 Å². The lowest BCUT2D eigenvalue weighted by atomic mass is 10.1. The predicted molar refractivity (Wildman–Crippen MR) is 66.1 cm³/mol. The van der Waals surface area contributed by atoms with E-state index >= 15 is 0 Å². The number of anilines is 2. The average molecular weight is 207 g/mol. The maximum Gasteiger partial charge on any atom is 0.151 e. The molecule has 0 bridgehead atoms. The van der Waals surface area contributed by atoms with E-state index < -0.39 is 0 Å². The summed E-state index contributed by atoms with van der Waals surface area (Å²) < 4.78 is 0. The Hall–Kier alpha value is -1.25. The van der Waals surface area contributed by atoms with Crippen LogP contribution in [-0.2, 0) is 0 Å². The van der Waals surface area contributed by atoms with Crippen LogP contribution in [0.2, 0.25) is 0 Å². The van der Waals surface area contributed by atoms with Crippen molar-refractivity contribution >= 4 is 11.5 Å². The van der Waals surface area contributed by atoms with Gasteiger partial charge in [-0.1, -0.05) is 20.3 Å². The zero-order valence-electron chi connectivity index (χ0n) is 10.1. The van der Waals surface area contributed by atoms with Gasteiger partial charge in [-0.05, 0) is 25.0 Å². The molecule has 84 valence electrons. The number of aromatic nitrogens is 1. The molecule has 0 aliphatic heterocycles. The summed E-state index contributed by atoms with van der Waals surface area (Å²) in [7, 11) is 2.05. The SMILES string of the molecule is CCC(C)CN(C)c1nc(C)ccc1N. The highest BCUT2D eigenvalue weighted by Crippen LogP contribution is 2.20. The molecular formula is C12H21N3. The predicted octanol–water partition coefficient (Wildman–Crippen LogP) is 2.45. The molecule has 0 aliphatic rings. The Labute approximate surface area is 92.3 Å². The number of nitrogens with two attached hydrogens (primary N) is 1. The quantitative estimate of drug-likeness (QED) is 0.824. The zero-order chi connectivity index (χ0) is 11.4. The third-order valence-electron chi connectivity index (χ3n) is 2.69. The summed E-state index contributed by atoms with van der Waals surface area (Å²) in [4.78, 5) is 6.60. The van der Waals surface area contributed by atoms with Crippen LogP contribution in [0.3, 0.4) is 0 Å². The average Bonchev–Trinajstić information content (AvgIpc) is 2.21. The van der Waals surface area contributed by atoms with Crippen LogP contribution in [-0.4, -0.2) is 18.6 Å². The molecule has 0 saturated carbocycles. The van der Waals surface area contributed by atoms with Gasteiger partial charge < -0.3 is 10.6 Å². The van der Waals surface area contributed by atoms with Gasteiger partial charge >= 0.3 is 0 Å². The number of aryl methyl sites for hydroxylation is 1. The molecule has 0 amide bonds. The summed E-state index contributed by atoms with van der Waals surface area (Å²) in [6.07, 6.45) is 1.18. The van der Waals surface area contributed by atoms with Crippen molar-refractivity contribution in [1.29, 1.82) is 0 Å². The minimum absolute atomic E-state index is 0.664. The van der Waals surface area contributed by atoms with Crippen LogP contribution in [0, 0.1) is 12.8 Å². The van der Waals surface area contributed by atoms with Gasteiger partial charge in [0.1, 0.15) is 0 Å². The van der Waals surface area contributed by atoms with Crippen LogP contribution < -0.4 is 10.6 Å². The number of nitrogens with zero attached hydrogens (tertiary/aromatic N) is 2. The van der Waals surface area contributed by atoms with E-state index in [-0.39, 0.29) is 0 Å². The van der Waals surface area contributed by atoms with Crippen molar-refractivity contribution in [2.75, 3.05) is 24.2 Å². The van der Waals surface area contributed by atoms with Gasteiger partial charge in [0.15, 0.2) is 5.82 Å². The van der Waals surface area contributed by atoms with Crippen LogP contribution in [0.1, 0.15) is 26.0 Å². The molecule has 2 N–H and O–H groups in total. The second-order valence-electron chi connectivity index (χ2n) is 4.26. The first-order valence-corrected chi connectivity index (χ1v) is 5.48. The normalized spacial score (nSPS) is 12.5. The van der Waals surface area contributed by atoms with Crippen LogP contribution in [0.4, 0.5) is 11.5 Å². The van der Waals surface area contributed by atoms with Crippen molar-refractivity contribution < 1.29 is 0 Å². The standard InChI is InChI=1S/C12H21N3/c1-5-9(2)8-15(4)12-11(13)7-6-10(3)14-12/h6-7,9H,5,8,13H2,1-4H3. The van der Waals surface area contributed by atoms with E-state index in [0.717, 1.165) is 23.7 Å². The fourth-order valence-electron chi connectivity index (χ4n) is 1.54. The summed E-state index contributed by atoms with van der Waals surface area (Å²) in [6.45, 7) is 7.42. The van der Waals surface area contributed by atoms with Crippen molar-refractivity contribution in [2.24, 2.45) is 5.92 Å². The minimum atomic E-state index is 0.664. The summed E-state index contributed by atoms with van der Waals surface area (Å²) in [6, 6.07) is 3.86. The van der Waals surface area contributed by atoms with E-state index in [1.807, 2.05) is 26.1 Å². The van der Waals surface area contributed by atoms with E-state index in [1.165, 1.54) is 6.42 Å². The van der Waals surface area contributed by atoms with Gasteiger partial charge in [0, 0.05) is 19.3 Å². The summed E-state index contributed by atoms with van der Waals surface area (Å²) in [5, 5.41) is 0. The minimum Gasteiger partial charge on any atom is -0.396 e. The van der Waals surface area contributed by atoms with Gasteiger partial charge in [-0.15, -0.1) is 0 Å². The molecule has 1 heterocycles. The lowest BCUT2D eigenvalue weighted by Gasteiger charge is -2.23. The van der Waals surface area contributed by atoms with Crippen LogP contribution in [0.15, 0.2) is 12.1 Å². The first-order valence-electron chi connectivity index (χ1n) is 5.48. The fraction of sp³-hybridized carbons (Fsp3) is 0.583. The third-order valence-corrected chi connectivity index (χ3v) is 2.69. The van der Waals surface area contributed by atoms with E-state index in [4.69, 9.17) is 5.73 Å².